The summed E-state index contributed by atoms with van der Waals surface area (Å²) < 4.78 is 29.3. The van der Waals surface area contributed by atoms with Gasteiger partial charge in [0, 0.05) is 0 Å². The molecule has 1 fully saturated rings. The number of rotatable bonds is 4. The highest BCUT2D eigenvalue weighted by molar-refractivity contribution is 7.92. The number of benzene rings is 1. The molecule has 2 rings (SSSR count). The Hall–Kier alpha value is -1.87. The zero-order valence-corrected chi connectivity index (χ0v) is 11.7. The van der Waals surface area contributed by atoms with Gasteiger partial charge >= 0.3 is 5.97 Å². The number of nitriles is 1. The van der Waals surface area contributed by atoms with Gasteiger partial charge in [-0.25, -0.2) is 13.2 Å². The molecule has 1 aliphatic rings. The number of ether oxygens (including phenoxy) is 1. The van der Waals surface area contributed by atoms with Crippen LogP contribution in [0.5, 0.6) is 0 Å². The standard InChI is InChI=1S/C14H15NO4S/c15-9-10-19-14(16)11-5-7-13(8-6-11)20(17,18)12-3-1-2-4-12/h5-8,12H,1-4,10H2. The van der Waals surface area contributed by atoms with E-state index in [2.05, 4.69) is 4.74 Å². The molecule has 0 saturated heterocycles. The maximum Gasteiger partial charge on any atom is 0.339 e. The van der Waals surface area contributed by atoms with Gasteiger partial charge in [0.05, 0.1) is 15.7 Å². The summed E-state index contributed by atoms with van der Waals surface area (Å²) in [5.74, 6) is -0.628. The number of nitrogens with zero attached hydrogens (tertiary/aromatic N) is 1. The van der Waals surface area contributed by atoms with Gasteiger partial charge in [0.25, 0.3) is 0 Å². The average Bonchev–Trinajstić information content (AvgIpc) is 3.00. The van der Waals surface area contributed by atoms with Crippen LogP contribution in [0.25, 0.3) is 0 Å². The second kappa shape index (κ2) is 6.06. The van der Waals surface area contributed by atoms with E-state index in [1.807, 2.05) is 0 Å². The Morgan fingerprint density at radius 1 is 1.25 bits per heavy atom. The van der Waals surface area contributed by atoms with E-state index in [0.717, 1.165) is 12.8 Å². The third-order valence-electron chi connectivity index (χ3n) is 3.43. The largest absolute Gasteiger partial charge is 0.447 e. The normalized spacial score (nSPS) is 15.8. The minimum absolute atomic E-state index is 0.237. The Bertz CT molecular complexity index is 622. The molecule has 5 nitrogen and oxygen atoms in total. The lowest BCUT2D eigenvalue weighted by molar-refractivity contribution is 0.0555. The van der Waals surface area contributed by atoms with E-state index in [0.29, 0.717) is 12.8 Å². The van der Waals surface area contributed by atoms with E-state index in [1.165, 1.54) is 24.3 Å². The van der Waals surface area contributed by atoms with Crippen molar-refractivity contribution in [3.8, 4) is 6.07 Å². The van der Waals surface area contributed by atoms with Gasteiger partial charge < -0.3 is 4.74 Å². The summed E-state index contributed by atoms with van der Waals surface area (Å²) in [4.78, 5) is 11.7. The summed E-state index contributed by atoms with van der Waals surface area (Å²) in [6.45, 7) is -0.318. The molecule has 0 aromatic heterocycles. The zero-order valence-electron chi connectivity index (χ0n) is 10.9. The van der Waals surface area contributed by atoms with Crippen LogP contribution >= 0.6 is 0 Å². The van der Waals surface area contributed by atoms with Crippen molar-refractivity contribution >= 4 is 15.8 Å². The molecule has 0 radical (unpaired) electrons. The molecule has 1 aromatic rings. The monoisotopic (exact) mass is 293 g/mol. The first-order chi connectivity index (χ1) is 9.55. The number of esters is 1. The highest BCUT2D eigenvalue weighted by Crippen LogP contribution is 2.29. The second-order valence-electron chi connectivity index (χ2n) is 4.71. The molecule has 0 atom stereocenters. The van der Waals surface area contributed by atoms with E-state index in [1.54, 1.807) is 6.07 Å². The Balaban J connectivity index is 2.16. The van der Waals surface area contributed by atoms with Crippen molar-refractivity contribution in [2.75, 3.05) is 6.61 Å². The number of sulfone groups is 1. The predicted octanol–water partition coefficient (Wildman–Crippen LogP) is 2.08. The van der Waals surface area contributed by atoms with E-state index in [4.69, 9.17) is 5.26 Å². The molecule has 20 heavy (non-hydrogen) atoms. The van der Waals surface area contributed by atoms with Crippen LogP contribution in [0.3, 0.4) is 0 Å². The second-order valence-corrected chi connectivity index (χ2v) is 6.94. The van der Waals surface area contributed by atoms with Crippen molar-refractivity contribution in [3.63, 3.8) is 0 Å². The van der Waals surface area contributed by atoms with Gasteiger partial charge in [-0.3, -0.25) is 0 Å². The van der Waals surface area contributed by atoms with Crippen LogP contribution in [0, 0.1) is 11.3 Å². The molecule has 0 bridgehead atoms. The van der Waals surface area contributed by atoms with Crippen molar-refractivity contribution < 1.29 is 17.9 Å². The van der Waals surface area contributed by atoms with Gasteiger partial charge in [0.1, 0.15) is 6.07 Å². The zero-order chi connectivity index (χ0) is 14.6. The summed E-state index contributed by atoms with van der Waals surface area (Å²) in [6, 6.07) is 7.39. The van der Waals surface area contributed by atoms with Crippen LogP contribution in [0.4, 0.5) is 0 Å². The molecule has 0 amide bonds. The molecule has 0 spiro atoms. The van der Waals surface area contributed by atoms with Crippen LogP contribution in [0.1, 0.15) is 36.0 Å². The van der Waals surface area contributed by atoms with Gasteiger partial charge in [-0.2, -0.15) is 5.26 Å². The van der Waals surface area contributed by atoms with Gasteiger partial charge in [-0.1, -0.05) is 12.8 Å². The fourth-order valence-electron chi connectivity index (χ4n) is 2.35. The summed E-state index contributed by atoms with van der Waals surface area (Å²) in [6.07, 6.45) is 3.30. The maximum absolute atomic E-state index is 12.3. The Kier molecular flexibility index (Phi) is 4.40. The minimum atomic E-state index is -3.30. The van der Waals surface area contributed by atoms with Gasteiger partial charge in [0.15, 0.2) is 16.4 Å². The third-order valence-corrected chi connectivity index (χ3v) is 5.71. The van der Waals surface area contributed by atoms with Crippen LogP contribution in [0.2, 0.25) is 0 Å². The SMILES string of the molecule is N#CCOC(=O)c1ccc(S(=O)(=O)C2CCCC2)cc1. The average molecular weight is 293 g/mol. The van der Waals surface area contributed by atoms with E-state index < -0.39 is 15.8 Å². The van der Waals surface area contributed by atoms with Crippen LogP contribution in [0.15, 0.2) is 29.2 Å². The Morgan fingerprint density at radius 3 is 2.40 bits per heavy atom. The van der Waals surface area contributed by atoms with Gasteiger partial charge in [-0.05, 0) is 37.1 Å². The Labute approximate surface area is 118 Å². The fraction of sp³-hybridized carbons (Fsp3) is 0.429. The molecule has 106 valence electrons. The molecule has 0 unspecified atom stereocenters. The first-order valence-corrected chi connectivity index (χ1v) is 7.98. The molecule has 0 heterocycles. The van der Waals surface area contributed by atoms with Crippen molar-refractivity contribution in [3.05, 3.63) is 29.8 Å². The summed E-state index contributed by atoms with van der Waals surface area (Å²) in [5.41, 5.74) is 0.241. The number of hydrogen-bond acceptors (Lipinski definition) is 5. The Morgan fingerprint density at radius 2 is 1.85 bits per heavy atom. The van der Waals surface area contributed by atoms with Gasteiger partial charge in [-0.15, -0.1) is 0 Å². The highest BCUT2D eigenvalue weighted by atomic mass is 32.2. The summed E-state index contributed by atoms with van der Waals surface area (Å²) in [7, 11) is -3.30. The lowest BCUT2D eigenvalue weighted by Gasteiger charge is -2.11. The predicted molar refractivity (Wildman–Crippen MR) is 71.8 cm³/mol. The minimum Gasteiger partial charge on any atom is -0.447 e. The molecule has 0 N–H and O–H groups in total. The van der Waals surface area contributed by atoms with Gasteiger partial charge in [0.2, 0.25) is 0 Å². The van der Waals surface area contributed by atoms with Crippen LogP contribution < -0.4 is 0 Å². The quantitative estimate of drug-likeness (QED) is 0.793. The molecule has 1 saturated carbocycles. The highest BCUT2D eigenvalue weighted by Gasteiger charge is 2.30. The summed E-state index contributed by atoms with van der Waals surface area (Å²) >= 11 is 0. The van der Waals surface area contributed by atoms with Crippen LogP contribution in [-0.2, 0) is 14.6 Å². The first-order valence-electron chi connectivity index (χ1n) is 6.44. The number of carbonyl (C=O) groups excluding carboxylic acids is 1. The topological polar surface area (TPSA) is 84.2 Å². The number of hydrogen-bond donors (Lipinski definition) is 0. The molecule has 0 aliphatic heterocycles. The van der Waals surface area contributed by atoms with Crippen molar-refractivity contribution in [2.45, 2.75) is 35.8 Å². The van der Waals surface area contributed by atoms with Crippen molar-refractivity contribution in [1.82, 2.24) is 0 Å². The molecule has 1 aliphatic carbocycles. The lowest BCUT2D eigenvalue weighted by Crippen LogP contribution is -2.18. The lowest BCUT2D eigenvalue weighted by atomic mass is 10.2. The maximum atomic E-state index is 12.3. The molecular weight excluding hydrogens is 278 g/mol. The molecular formula is C14H15NO4S. The molecule has 1 aromatic carbocycles. The van der Waals surface area contributed by atoms with Crippen molar-refractivity contribution in [1.29, 1.82) is 5.26 Å². The van der Waals surface area contributed by atoms with E-state index >= 15 is 0 Å². The van der Waals surface area contributed by atoms with E-state index in [-0.39, 0.29) is 22.3 Å². The fourth-order valence-corrected chi connectivity index (χ4v) is 4.21. The van der Waals surface area contributed by atoms with Crippen LogP contribution in [-0.4, -0.2) is 26.2 Å². The number of carbonyl (C=O) groups is 1. The smallest absolute Gasteiger partial charge is 0.339 e. The first kappa shape index (κ1) is 14.5. The van der Waals surface area contributed by atoms with E-state index in [9.17, 15) is 13.2 Å². The summed E-state index contributed by atoms with van der Waals surface area (Å²) in [5, 5.41) is 8.02. The van der Waals surface area contributed by atoms with Crippen molar-refractivity contribution in [2.24, 2.45) is 0 Å². The molecule has 6 heteroatoms. The third kappa shape index (κ3) is 2.99.